The summed E-state index contributed by atoms with van der Waals surface area (Å²) < 4.78 is 29.3. The molecule has 3 atom stereocenters. The highest BCUT2D eigenvalue weighted by atomic mass is 35.5. The van der Waals surface area contributed by atoms with Gasteiger partial charge < -0.3 is 10.6 Å². The summed E-state index contributed by atoms with van der Waals surface area (Å²) in [5.74, 6) is 0.358. The van der Waals surface area contributed by atoms with Crippen molar-refractivity contribution in [2.45, 2.75) is 68.3 Å². The van der Waals surface area contributed by atoms with Crippen LogP contribution in [0.2, 0.25) is 10.0 Å². The molecule has 4 rings (SSSR count). The van der Waals surface area contributed by atoms with Gasteiger partial charge in [0.15, 0.2) is 0 Å². The van der Waals surface area contributed by atoms with Crippen molar-refractivity contribution < 1.29 is 13.2 Å². The minimum absolute atomic E-state index is 0.0566. The number of nitrogens with one attached hydrogen (secondary N) is 1. The predicted molar refractivity (Wildman–Crippen MR) is 136 cm³/mol. The highest BCUT2D eigenvalue weighted by molar-refractivity contribution is 7.89. The Labute approximate surface area is 211 Å². The maximum Gasteiger partial charge on any atom is 0.241 e. The van der Waals surface area contributed by atoms with E-state index in [2.05, 4.69) is 4.72 Å². The van der Waals surface area contributed by atoms with E-state index in [9.17, 15) is 13.2 Å². The van der Waals surface area contributed by atoms with Crippen LogP contribution in [0, 0.1) is 5.92 Å². The first kappa shape index (κ1) is 25.3. The molecule has 1 saturated carbocycles. The minimum atomic E-state index is -4.06. The Kier molecular flexibility index (Phi) is 8.08. The largest absolute Gasteiger partial charge is 0.396 e. The van der Waals surface area contributed by atoms with E-state index in [1.54, 1.807) is 0 Å². The molecule has 184 valence electrons. The van der Waals surface area contributed by atoms with Crippen molar-refractivity contribution in [1.29, 1.82) is 0 Å². The number of carbonyl (C=O) groups excluding carboxylic acids is 1. The number of likely N-dealkylation sites (tertiary alicyclic amines) is 1. The van der Waals surface area contributed by atoms with Gasteiger partial charge in [-0.1, -0.05) is 66.4 Å². The van der Waals surface area contributed by atoms with E-state index in [4.69, 9.17) is 28.9 Å². The topological polar surface area (TPSA) is 92.5 Å². The number of sulfonamides is 1. The number of piperidine rings is 1. The first-order chi connectivity index (χ1) is 16.3. The van der Waals surface area contributed by atoms with Crippen LogP contribution in [0.15, 0.2) is 47.4 Å². The molecule has 9 heteroatoms. The number of halogens is 2. The molecule has 1 amide bonds. The van der Waals surface area contributed by atoms with Crippen LogP contribution >= 0.6 is 23.2 Å². The third-order valence-corrected chi connectivity index (χ3v) is 9.13. The molecule has 34 heavy (non-hydrogen) atoms. The molecule has 1 aliphatic carbocycles. The number of aryl methyl sites for hydroxylation is 1. The molecule has 6 nitrogen and oxygen atoms in total. The maximum atomic E-state index is 13.8. The molecule has 2 aliphatic rings. The number of anilines is 1. The zero-order chi connectivity index (χ0) is 24.3. The number of rotatable bonds is 7. The predicted octanol–water partition coefficient (Wildman–Crippen LogP) is 5.04. The van der Waals surface area contributed by atoms with Gasteiger partial charge in [-0.2, -0.15) is 4.72 Å². The zero-order valence-electron chi connectivity index (χ0n) is 19.1. The Balaban J connectivity index is 1.60. The molecular formula is C25H31Cl2N3O3S. The summed E-state index contributed by atoms with van der Waals surface area (Å²) >= 11 is 12.2. The van der Waals surface area contributed by atoms with Crippen LogP contribution in [0.1, 0.15) is 50.5 Å². The molecule has 0 spiro atoms. The number of hydrogen-bond acceptors (Lipinski definition) is 4. The molecule has 0 aromatic heterocycles. The van der Waals surface area contributed by atoms with Gasteiger partial charge in [0.2, 0.25) is 15.9 Å². The molecule has 2 aromatic carbocycles. The first-order valence-corrected chi connectivity index (χ1v) is 14.1. The van der Waals surface area contributed by atoms with E-state index in [0.717, 1.165) is 37.7 Å². The number of nitrogens with zero attached hydrogens (tertiary/aromatic N) is 1. The molecule has 0 radical (unpaired) electrons. The monoisotopic (exact) mass is 523 g/mol. The lowest BCUT2D eigenvalue weighted by Crippen LogP contribution is -2.56. The normalized spacial score (nSPS) is 21.6. The van der Waals surface area contributed by atoms with Crippen LogP contribution in [0.3, 0.4) is 0 Å². The van der Waals surface area contributed by atoms with Crippen LogP contribution in [-0.2, 0) is 21.2 Å². The Morgan fingerprint density at radius 1 is 1.06 bits per heavy atom. The van der Waals surface area contributed by atoms with Gasteiger partial charge in [0.25, 0.3) is 0 Å². The molecule has 3 N–H and O–H groups in total. The summed E-state index contributed by atoms with van der Waals surface area (Å²) in [5, 5.41) is 0.113. The average molecular weight is 525 g/mol. The van der Waals surface area contributed by atoms with Crippen molar-refractivity contribution in [3.63, 3.8) is 0 Å². The van der Waals surface area contributed by atoms with Gasteiger partial charge in [-0.05, 0) is 62.1 Å². The minimum Gasteiger partial charge on any atom is -0.396 e. The van der Waals surface area contributed by atoms with Crippen molar-refractivity contribution >= 4 is 44.8 Å². The Morgan fingerprint density at radius 2 is 1.71 bits per heavy atom. The van der Waals surface area contributed by atoms with Gasteiger partial charge in [0.05, 0.1) is 20.6 Å². The summed E-state index contributed by atoms with van der Waals surface area (Å²) in [6.45, 7) is 0.670. The highest BCUT2D eigenvalue weighted by Gasteiger charge is 2.39. The second-order valence-electron chi connectivity index (χ2n) is 9.28. The third kappa shape index (κ3) is 5.70. The quantitative estimate of drug-likeness (QED) is 0.497. The summed E-state index contributed by atoms with van der Waals surface area (Å²) in [6.07, 6.45) is 7.44. The SMILES string of the molecule is Nc1c(Cl)cc(S(=O)(=O)N[C@H](CCc2ccccc2)C(=O)N2CCCC3CCCC[C@@H]32)cc1Cl. The van der Waals surface area contributed by atoms with Crippen molar-refractivity contribution in [2.75, 3.05) is 12.3 Å². The van der Waals surface area contributed by atoms with E-state index >= 15 is 0 Å². The van der Waals surface area contributed by atoms with Gasteiger partial charge in [-0.3, -0.25) is 4.79 Å². The summed E-state index contributed by atoms with van der Waals surface area (Å²) in [4.78, 5) is 15.6. The molecule has 0 bridgehead atoms. The van der Waals surface area contributed by atoms with Crippen LogP contribution in [-0.4, -0.2) is 37.9 Å². The van der Waals surface area contributed by atoms with Gasteiger partial charge in [0, 0.05) is 12.6 Å². The smallest absolute Gasteiger partial charge is 0.241 e. The van der Waals surface area contributed by atoms with E-state index in [-0.39, 0.29) is 32.6 Å². The van der Waals surface area contributed by atoms with Crippen LogP contribution < -0.4 is 10.5 Å². The number of nitrogen functional groups attached to an aromatic ring is 1. The van der Waals surface area contributed by atoms with Crippen LogP contribution in [0.5, 0.6) is 0 Å². The van der Waals surface area contributed by atoms with Crippen molar-refractivity contribution in [2.24, 2.45) is 5.92 Å². The number of hydrogen-bond donors (Lipinski definition) is 2. The molecule has 1 aliphatic heterocycles. The lowest BCUT2D eigenvalue weighted by Gasteiger charge is -2.45. The molecule has 2 fully saturated rings. The van der Waals surface area contributed by atoms with Crippen molar-refractivity contribution in [3.05, 3.63) is 58.1 Å². The van der Waals surface area contributed by atoms with E-state index in [1.807, 2.05) is 35.2 Å². The zero-order valence-corrected chi connectivity index (χ0v) is 21.4. The number of amides is 1. The van der Waals surface area contributed by atoms with Gasteiger partial charge >= 0.3 is 0 Å². The summed E-state index contributed by atoms with van der Waals surface area (Å²) in [6, 6.07) is 11.6. The Hall–Kier alpha value is -1.80. The third-order valence-electron chi connectivity index (χ3n) is 7.05. The fourth-order valence-electron chi connectivity index (χ4n) is 5.26. The molecule has 1 heterocycles. The molecule has 2 aromatic rings. The molecular weight excluding hydrogens is 493 g/mol. The number of carbonyl (C=O) groups is 1. The Bertz CT molecular complexity index is 1100. The summed E-state index contributed by atoms with van der Waals surface area (Å²) in [7, 11) is -4.06. The van der Waals surface area contributed by atoms with Crippen molar-refractivity contribution in [1.82, 2.24) is 9.62 Å². The second-order valence-corrected chi connectivity index (χ2v) is 11.8. The lowest BCUT2D eigenvalue weighted by atomic mass is 9.78. The first-order valence-electron chi connectivity index (χ1n) is 11.9. The number of nitrogens with two attached hydrogens (primary N) is 1. The highest BCUT2D eigenvalue weighted by Crippen LogP contribution is 2.36. The van der Waals surface area contributed by atoms with Gasteiger partial charge in [-0.25, -0.2) is 8.42 Å². The Morgan fingerprint density at radius 3 is 2.41 bits per heavy atom. The molecule has 1 saturated heterocycles. The number of fused-ring (bicyclic) bond motifs is 1. The average Bonchev–Trinajstić information content (AvgIpc) is 2.84. The fraction of sp³-hybridized carbons (Fsp3) is 0.480. The second kappa shape index (κ2) is 10.9. The van der Waals surface area contributed by atoms with Crippen molar-refractivity contribution in [3.8, 4) is 0 Å². The van der Waals surface area contributed by atoms with E-state index in [0.29, 0.717) is 25.3 Å². The van der Waals surface area contributed by atoms with Gasteiger partial charge in [-0.15, -0.1) is 0 Å². The van der Waals surface area contributed by atoms with Crippen LogP contribution in [0.4, 0.5) is 5.69 Å². The van der Waals surface area contributed by atoms with E-state index in [1.165, 1.54) is 18.6 Å². The standard InChI is InChI=1S/C25H31Cl2N3O3S/c26-20-15-19(16-21(27)24(20)28)34(32,33)29-22(13-12-17-7-2-1-3-8-17)25(31)30-14-6-10-18-9-4-5-11-23(18)30/h1-3,7-8,15-16,18,22-23,29H,4-6,9-14,28H2/t18?,22-,23+/m1/s1. The van der Waals surface area contributed by atoms with Crippen LogP contribution in [0.25, 0.3) is 0 Å². The lowest BCUT2D eigenvalue weighted by molar-refractivity contribution is -0.139. The summed E-state index contributed by atoms with van der Waals surface area (Å²) in [5.41, 5.74) is 6.94. The fourth-order valence-corrected chi connectivity index (χ4v) is 7.15. The van der Waals surface area contributed by atoms with E-state index < -0.39 is 16.1 Å². The molecule has 1 unspecified atom stereocenters. The van der Waals surface area contributed by atoms with Gasteiger partial charge in [0.1, 0.15) is 6.04 Å². The number of benzene rings is 2. The maximum absolute atomic E-state index is 13.8.